The molecule has 1 aliphatic heterocycles. The predicted octanol–water partition coefficient (Wildman–Crippen LogP) is 4.63. The Labute approximate surface area is 237 Å². The maximum atomic E-state index is 13.3. The minimum absolute atomic E-state index is 0.343. The van der Waals surface area contributed by atoms with Crippen molar-refractivity contribution in [2.24, 2.45) is 0 Å². The van der Waals surface area contributed by atoms with Crippen LogP contribution in [0.15, 0.2) is 48.5 Å². The topological polar surface area (TPSA) is 114 Å². The van der Waals surface area contributed by atoms with Gasteiger partial charge in [0.2, 0.25) is 5.91 Å². The van der Waals surface area contributed by atoms with Crippen molar-refractivity contribution in [2.45, 2.75) is 44.9 Å². The van der Waals surface area contributed by atoms with Crippen LogP contribution in [-0.2, 0) is 19.1 Å². The molecule has 1 heterocycles. The van der Waals surface area contributed by atoms with Crippen molar-refractivity contribution >= 4 is 53.1 Å². The highest BCUT2D eigenvalue weighted by molar-refractivity contribution is 7.99. The second kappa shape index (κ2) is 13.7. The summed E-state index contributed by atoms with van der Waals surface area (Å²) in [4.78, 5) is 52.9. The Morgan fingerprint density at radius 2 is 1.85 bits per heavy atom. The number of methoxy groups -OCH3 is 1. The van der Waals surface area contributed by atoms with Gasteiger partial charge in [-0.3, -0.25) is 14.5 Å². The molecule has 0 spiro atoms. The van der Waals surface area contributed by atoms with Crippen LogP contribution in [0.3, 0.4) is 0 Å². The van der Waals surface area contributed by atoms with E-state index in [0.29, 0.717) is 40.6 Å². The molecule has 210 valence electrons. The van der Waals surface area contributed by atoms with Gasteiger partial charge in [0.25, 0.3) is 5.91 Å². The third-order valence-electron chi connectivity index (χ3n) is 5.83. The minimum Gasteiger partial charge on any atom is -0.467 e. The Morgan fingerprint density at radius 3 is 2.49 bits per heavy atom. The standard InChI is InChI=1S/C28H35N3O6S2/c1-28(2,3)37-27(35)31-17-39-16-23(31)25(33)29-19-11-12-20(21(15-19)18-9-7-6-8-10-18)24(32)30-22(13-14-38-5)26(34)36-4/h6-12,15,22-23H,13-14,16-17H2,1-5H3,(H,29,33)(H,30,32)/t22-,23-/m0/s1. The average molecular weight is 574 g/mol. The van der Waals surface area contributed by atoms with E-state index in [-0.39, 0.29) is 5.91 Å². The van der Waals surface area contributed by atoms with Gasteiger partial charge in [0.15, 0.2) is 0 Å². The Balaban J connectivity index is 1.85. The molecule has 0 bridgehead atoms. The normalized spacial score (nSPS) is 15.8. The number of esters is 1. The Hall–Kier alpha value is -3.18. The van der Waals surface area contributed by atoms with Crippen molar-refractivity contribution in [3.05, 3.63) is 54.1 Å². The SMILES string of the molecule is COC(=O)[C@H](CCSC)NC(=O)c1ccc(NC(=O)[C@@H]2CSCN2C(=O)OC(C)(C)C)cc1-c1ccccc1. The van der Waals surface area contributed by atoms with Crippen molar-refractivity contribution < 1.29 is 28.7 Å². The molecule has 1 aliphatic rings. The lowest BCUT2D eigenvalue weighted by atomic mass is 9.98. The Morgan fingerprint density at radius 1 is 1.13 bits per heavy atom. The summed E-state index contributed by atoms with van der Waals surface area (Å²) in [6.45, 7) is 5.34. The maximum Gasteiger partial charge on any atom is 0.411 e. The zero-order valence-electron chi connectivity index (χ0n) is 22.8. The number of benzene rings is 2. The zero-order valence-corrected chi connectivity index (χ0v) is 24.4. The highest BCUT2D eigenvalue weighted by Crippen LogP contribution is 2.29. The van der Waals surface area contributed by atoms with Crippen LogP contribution in [0.2, 0.25) is 0 Å². The number of hydrogen-bond acceptors (Lipinski definition) is 8. The van der Waals surface area contributed by atoms with E-state index in [9.17, 15) is 19.2 Å². The fourth-order valence-corrected chi connectivity index (χ4v) is 5.54. The van der Waals surface area contributed by atoms with Crippen LogP contribution in [-0.4, -0.2) is 77.2 Å². The number of hydrogen-bond donors (Lipinski definition) is 2. The summed E-state index contributed by atoms with van der Waals surface area (Å²) in [6, 6.07) is 12.8. The summed E-state index contributed by atoms with van der Waals surface area (Å²) in [5.74, 6) is 0.209. The van der Waals surface area contributed by atoms with Crippen LogP contribution in [0.1, 0.15) is 37.6 Å². The number of thioether (sulfide) groups is 2. The summed E-state index contributed by atoms with van der Waals surface area (Å²) in [6.07, 6.45) is 1.82. The largest absolute Gasteiger partial charge is 0.467 e. The first kappa shape index (κ1) is 30.4. The number of carbonyl (C=O) groups excluding carboxylic acids is 4. The van der Waals surface area contributed by atoms with E-state index < -0.39 is 35.7 Å². The number of nitrogens with zero attached hydrogens (tertiary/aromatic N) is 1. The second-order valence-electron chi connectivity index (χ2n) is 9.91. The van der Waals surface area contributed by atoms with Crippen molar-refractivity contribution in [3.63, 3.8) is 0 Å². The van der Waals surface area contributed by atoms with Crippen LogP contribution in [0.4, 0.5) is 10.5 Å². The van der Waals surface area contributed by atoms with Gasteiger partial charge in [0.05, 0.1) is 13.0 Å². The fraction of sp³-hybridized carbons (Fsp3) is 0.429. The van der Waals surface area contributed by atoms with E-state index in [0.717, 1.165) is 5.56 Å². The van der Waals surface area contributed by atoms with Gasteiger partial charge < -0.3 is 20.1 Å². The van der Waals surface area contributed by atoms with Crippen LogP contribution >= 0.6 is 23.5 Å². The molecule has 1 saturated heterocycles. The Bertz CT molecular complexity index is 1190. The van der Waals surface area contributed by atoms with Crippen LogP contribution in [0.25, 0.3) is 11.1 Å². The smallest absolute Gasteiger partial charge is 0.411 e. The summed E-state index contributed by atoms with van der Waals surface area (Å²) in [5, 5.41) is 5.69. The van der Waals surface area contributed by atoms with Gasteiger partial charge in [0.1, 0.15) is 17.7 Å². The number of nitrogens with one attached hydrogen (secondary N) is 2. The highest BCUT2D eigenvalue weighted by atomic mass is 32.2. The first-order valence-electron chi connectivity index (χ1n) is 12.5. The summed E-state index contributed by atoms with van der Waals surface area (Å²) >= 11 is 3.05. The van der Waals surface area contributed by atoms with E-state index in [1.54, 1.807) is 50.7 Å². The molecule has 2 aromatic carbocycles. The molecule has 2 atom stereocenters. The van der Waals surface area contributed by atoms with Crippen LogP contribution < -0.4 is 10.6 Å². The number of ether oxygens (including phenoxy) is 2. The number of anilines is 1. The van der Waals surface area contributed by atoms with Gasteiger partial charge in [-0.1, -0.05) is 30.3 Å². The van der Waals surface area contributed by atoms with Gasteiger partial charge in [-0.05, 0) is 68.5 Å². The molecular weight excluding hydrogens is 538 g/mol. The molecule has 0 aromatic heterocycles. The molecule has 1 fully saturated rings. The van der Waals surface area contributed by atoms with Gasteiger partial charge in [0, 0.05) is 17.0 Å². The first-order chi connectivity index (χ1) is 18.5. The van der Waals surface area contributed by atoms with Gasteiger partial charge in [-0.25, -0.2) is 9.59 Å². The summed E-state index contributed by atoms with van der Waals surface area (Å²) in [7, 11) is 1.29. The van der Waals surface area contributed by atoms with Crippen molar-refractivity contribution in [3.8, 4) is 11.1 Å². The molecule has 0 saturated carbocycles. The molecule has 2 N–H and O–H groups in total. The lowest BCUT2D eigenvalue weighted by Gasteiger charge is -2.27. The summed E-state index contributed by atoms with van der Waals surface area (Å²) in [5.41, 5.74) is 1.51. The number of carbonyl (C=O) groups is 4. The molecular formula is C28H35N3O6S2. The van der Waals surface area contributed by atoms with E-state index in [4.69, 9.17) is 9.47 Å². The molecule has 0 aliphatic carbocycles. The predicted molar refractivity (Wildman–Crippen MR) is 156 cm³/mol. The molecule has 0 radical (unpaired) electrons. The van der Waals surface area contributed by atoms with E-state index in [2.05, 4.69) is 10.6 Å². The molecule has 11 heteroatoms. The lowest BCUT2D eigenvalue weighted by Crippen LogP contribution is -2.46. The van der Waals surface area contributed by atoms with Crippen molar-refractivity contribution in [1.29, 1.82) is 0 Å². The van der Waals surface area contributed by atoms with Gasteiger partial charge in [-0.2, -0.15) is 11.8 Å². The second-order valence-corrected chi connectivity index (χ2v) is 11.9. The molecule has 2 aromatic rings. The summed E-state index contributed by atoms with van der Waals surface area (Å²) < 4.78 is 10.3. The Kier molecular flexibility index (Phi) is 10.7. The highest BCUT2D eigenvalue weighted by Gasteiger charge is 2.37. The van der Waals surface area contributed by atoms with E-state index in [1.807, 2.05) is 36.6 Å². The van der Waals surface area contributed by atoms with Crippen molar-refractivity contribution in [2.75, 3.05) is 36.1 Å². The van der Waals surface area contributed by atoms with Gasteiger partial charge in [-0.15, -0.1) is 11.8 Å². The quantitative estimate of drug-likeness (QED) is 0.418. The third kappa shape index (κ3) is 8.40. The number of amides is 3. The monoisotopic (exact) mass is 573 g/mol. The third-order valence-corrected chi connectivity index (χ3v) is 7.49. The van der Waals surface area contributed by atoms with Gasteiger partial charge >= 0.3 is 12.1 Å². The van der Waals surface area contributed by atoms with Crippen molar-refractivity contribution in [1.82, 2.24) is 10.2 Å². The fourth-order valence-electron chi connectivity index (χ4n) is 3.93. The zero-order chi connectivity index (χ0) is 28.6. The molecule has 39 heavy (non-hydrogen) atoms. The maximum absolute atomic E-state index is 13.3. The molecule has 3 rings (SSSR count). The van der Waals surface area contributed by atoms with Crippen LogP contribution in [0, 0.1) is 0 Å². The van der Waals surface area contributed by atoms with Crippen LogP contribution in [0.5, 0.6) is 0 Å². The number of rotatable bonds is 9. The molecule has 0 unspecified atom stereocenters. The minimum atomic E-state index is -0.781. The molecule has 9 nitrogen and oxygen atoms in total. The average Bonchev–Trinajstić information content (AvgIpc) is 3.40. The first-order valence-corrected chi connectivity index (χ1v) is 15.0. The molecule has 3 amide bonds. The van der Waals surface area contributed by atoms with E-state index >= 15 is 0 Å². The lowest BCUT2D eigenvalue weighted by molar-refractivity contribution is -0.142. The van der Waals surface area contributed by atoms with E-state index in [1.165, 1.54) is 23.8 Å².